The lowest BCUT2D eigenvalue weighted by Crippen LogP contribution is -2.12. The van der Waals surface area contributed by atoms with Crippen molar-refractivity contribution in [3.63, 3.8) is 0 Å². The minimum atomic E-state index is 0.358. The van der Waals surface area contributed by atoms with Crippen LogP contribution in [0.15, 0.2) is 24.3 Å². The molecule has 0 aromatic rings. The molecule has 0 aromatic carbocycles. The van der Waals surface area contributed by atoms with Crippen molar-refractivity contribution in [1.82, 2.24) is 0 Å². The van der Waals surface area contributed by atoms with Gasteiger partial charge in [-0.3, -0.25) is 0 Å². The van der Waals surface area contributed by atoms with Gasteiger partial charge in [0.05, 0.1) is 0 Å². The highest BCUT2D eigenvalue weighted by molar-refractivity contribution is 5.32. The Morgan fingerprint density at radius 1 is 1.62 bits per heavy atom. The topological polar surface area (TPSA) is 0 Å². The molecule has 0 heterocycles. The lowest BCUT2D eigenvalue weighted by molar-refractivity contribution is 0.401. The van der Waals surface area contributed by atoms with Crippen LogP contribution in [0.1, 0.15) is 39.5 Å². The van der Waals surface area contributed by atoms with Crippen molar-refractivity contribution in [2.24, 2.45) is 5.41 Å². The maximum absolute atomic E-state index is 3.65. The summed E-state index contributed by atoms with van der Waals surface area (Å²) in [6.07, 6.45) is 8.71. The van der Waals surface area contributed by atoms with Gasteiger partial charge in [-0.15, -0.1) is 6.58 Å². The van der Waals surface area contributed by atoms with Gasteiger partial charge in [-0.25, -0.2) is 0 Å². The Hall–Kier alpha value is -0.960. The van der Waals surface area contributed by atoms with Crippen molar-refractivity contribution in [3.05, 3.63) is 24.3 Å². The molecule has 1 aliphatic carbocycles. The first kappa shape index (κ1) is 10.1. The monoisotopic (exact) mass is 174 g/mol. The summed E-state index contributed by atoms with van der Waals surface area (Å²) in [5, 5.41) is 0. The molecule has 0 saturated heterocycles. The lowest BCUT2D eigenvalue weighted by atomic mass is 9.80. The van der Waals surface area contributed by atoms with Crippen LogP contribution in [0.5, 0.6) is 0 Å². The smallest absolute Gasteiger partial charge is 0.0270 e. The van der Waals surface area contributed by atoms with Crippen LogP contribution in [-0.2, 0) is 0 Å². The van der Waals surface area contributed by atoms with E-state index >= 15 is 0 Å². The standard InChI is InChI=1S/C13H18/c1-4-5-6-8-12-9-7-10-13(2,3)11-12/h4,11H,1,5,7,9-10H2,2-3H3. The molecule has 0 bridgehead atoms. The molecule has 13 heavy (non-hydrogen) atoms. The molecule has 0 fully saturated rings. The van der Waals surface area contributed by atoms with E-state index in [1.807, 2.05) is 6.08 Å². The highest BCUT2D eigenvalue weighted by atomic mass is 14.2. The predicted molar refractivity (Wildman–Crippen MR) is 58.3 cm³/mol. The van der Waals surface area contributed by atoms with E-state index < -0.39 is 0 Å². The molecule has 0 N–H and O–H groups in total. The van der Waals surface area contributed by atoms with Crippen molar-refractivity contribution in [2.45, 2.75) is 39.5 Å². The van der Waals surface area contributed by atoms with Crippen molar-refractivity contribution < 1.29 is 0 Å². The fourth-order valence-electron chi connectivity index (χ4n) is 1.69. The van der Waals surface area contributed by atoms with Crippen LogP contribution in [0.3, 0.4) is 0 Å². The van der Waals surface area contributed by atoms with Gasteiger partial charge in [-0.1, -0.05) is 37.8 Å². The summed E-state index contributed by atoms with van der Waals surface area (Å²) in [5.41, 5.74) is 1.68. The molecule has 0 spiro atoms. The summed E-state index contributed by atoms with van der Waals surface area (Å²) in [7, 11) is 0. The zero-order valence-corrected chi connectivity index (χ0v) is 8.69. The Bertz CT molecular complexity index is 268. The highest BCUT2D eigenvalue weighted by Gasteiger charge is 2.19. The highest BCUT2D eigenvalue weighted by Crippen LogP contribution is 2.32. The van der Waals surface area contributed by atoms with Gasteiger partial charge in [0.15, 0.2) is 0 Å². The second-order valence-electron chi connectivity index (χ2n) is 4.31. The maximum atomic E-state index is 3.65. The molecular weight excluding hydrogens is 156 g/mol. The summed E-state index contributed by atoms with van der Waals surface area (Å²) < 4.78 is 0. The van der Waals surface area contributed by atoms with Crippen LogP contribution in [0.2, 0.25) is 0 Å². The van der Waals surface area contributed by atoms with Crippen LogP contribution < -0.4 is 0 Å². The normalized spacial score (nSPS) is 19.7. The number of rotatable bonds is 1. The van der Waals surface area contributed by atoms with Gasteiger partial charge in [0.25, 0.3) is 0 Å². The van der Waals surface area contributed by atoms with Crippen molar-refractivity contribution in [3.8, 4) is 11.8 Å². The van der Waals surface area contributed by atoms with Crippen molar-refractivity contribution in [1.29, 1.82) is 0 Å². The SMILES string of the molecule is C=CCC#CC1=CC(C)(C)CCC1. The summed E-state index contributed by atoms with van der Waals surface area (Å²) in [4.78, 5) is 0. The molecule has 0 nitrogen and oxygen atoms in total. The molecule has 0 atom stereocenters. The fraction of sp³-hybridized carbons (Fsp3) is 0.538. The van der Waals surface area contributed by atoms with Crippen molar-refractivity contribution >= 4 is 0 Å². The molecule has 1 aliphatic rings. The lowest BCUT2D eigenvalue weighted by Gasteiger charge is -2.25. The van der Waals surface area contributed by atoms with Gasteiger partial charge in [-0.2, -0.15) is 0 Å². The molecule has 0 unspecified atom stereocenters. The van der Waals surface area contributed by atoms with E-state index in [1.54, 1.807) is 0 Å². The first-order valence-electron chi connectivity index (χ1n) is 4.95. The van der Waals surface area contributed by atoms with E-state index in [1.165, 1.54) is 18.4 Å². The third-order valence-electron chi connectivity index (χ3n) is 2.33. The van der Waals surface area contributed by atoms with Crippen LogP contribution in [0.4, 0.5) is 0 Å². The van der Waals surface area contributed by atoms with Crippen LogP contribution in [0, 0.1) is 17.3 Å². The van der Waals surface area contributed by atoms with Gasteiger partial charge in [0.1, 0.15) is 0 Å². The summed E-state index contributed by atoms with van der Waals surface area (Å²) in [6.45, 7) is 8.21. The first-order chi connectivity index (χ1) is 6.14. The first-order valence-corrected chi connectivity index (χ1v) is 4.95. The Morgan fingerprint density at radius 2 is 2.38 bits per heavy atom. The Kier molecular flexibility index (Phi) is 3.37. The predicted octanol–water partition coefficient (Wildman–Crippen LogP) is 3.70. The van der Waals surface area contributed by atoms with Gasteiger partial charge in [0, 0.05) is 6.42 Å². The zero-order chi connectivity index (χ0) is 9.73. The molecule has 1 rings (SSSR count). The van der Waals surface area contributed by atoms with Gasteiger partial charge >= 0.3 is 0 Å². The van der Waals surface area contributed by atoms with E-state index in [0.29, 0.717) is 5.41 Å². The van der Waals surface area contributed by atoms with E-state index in [2.05, 4.69) is 38.3 Å². The second-order valence-corrected chi connectivity index (χ2v) is 4.31. The summed E-state index contributed by atoms with van der Waals surface area (Å²) in [6, 6.07) is 0. The third-order valence-corrected chi connectivity index (χ3v) is 2.33. The number of hydrogen-bond donors (Lipinski definition) is 0. The zero-order valence-electron chi connectivity index (χ0n) is 8.69. The quantitative estimate of drug-likeness (QED) is 0.420. The Balaban J connectivity index is 2.66. The second kappa shape index (κ2) is 4.33. The average molecular weight is 174 g/mol. The van der Waals surface area contributed by atoms with Crippen molar-refractivity contribution in [2.75, 3.05) is 0 Å². The molecular formula is C13H18. The molecule has 70 valence electrons. The minimum Gasteiger partial charge on any atom is -0.102 e. The Morgan fingerprint density at radius 3 is 3.00 bits per heavy atom. The van der Waals surface area contributed by atoms with E-state index in [4.69, 9.17) is 0 Å². The Labute approximate surface area is 81.7 Å². The van der Waals surface area contributed by atoms with Gasteiger partial charge < -0.3 is 0 Å². The maximum Gasteiger partial charge on any atom is 0.0270 e. The number of hydrogen-bond acceptors (Lipinski definition) is 0. The average Bonchev–Trinajstić information content (AvgIpc) is 2.03. The summed E-state index contributed by atoms with van der Waals surface area (Å²) in [5.74, 6) is 6.32. The molecule has 0 aliphatic heterocycles. The van der Waals surface area contributed by atoms with Crippen LogP contribution in [-0.4, -0.2) is 0 Å². The van der Waals surface area contributed by atoms with Crippen LogP contribution >= 0.6 is 0 Å². The molecule has 0 saturated carbocycles. The van der Waals surface area contributed by atoms with Crippen LogP contribution in [0.25, 0.3) is 0 Å². The number of allylic oxidation sites excluding steroid dienone is 3. The van der Waals surface area contributed by atoms with E-state index in [0.717, 1.165) is 12.8 Å². The molecule has 0 heteroatoms. The largest absolute Gasteiger partial charge is 0.102 e. The summed E-state index contributed by atoms with van der Waals surface area (Å²) >= 11 is 0. The molecule has 0 aromatic heterocycles. The van der Waals surface area contributed by atoms with Gasteiger partial charge in [0.2, 0.25) is 0 Å². The minimum absolute atomic E-state index is 0.358. The van der Waals surface area contributed by atoms with E-state index in [-0.39, 0.29) is 0 Å². The molecule has 0 radical (unpaired) electrons. The molecule has 0 amide bonds. The fourth-order valence-corrected chi connectivity index (χ4v) is 1.69. The third kappa shape index (κ3) is 3.51. The van der Waals surface area contributed by atoms with Gasteiger partial charge in [-0.05, 0) is 30.3 Å². The van der Waals surface area contributed by atoms with E-state index in [9.17, 15) is 0 Å².